The quantitative estimate of drug-likeness (QED) is 0.514. The lowest BCUT2D eigenvalue weighted by Gasteiger charge is -2.23. The molecule has 0 radical (unpaired) electrons. The van der Waals surface area contributed by atoms with Gasteiger partial charge >= 0.3 is 0 Å². The predicted molar refractivity (Wildman–Crippen MR) is 134 cm³/mol. The van der Waals surface area contributed by atoms with Crippen LogP contribution >= 0.6 is 15.9 Å². The molecule has 174 valence electrons. The fourth-order valence-electron chi connectivity index (χ4n) is 3.95. The van der Waals surface area contributed by atoms with Gasteiger partial charge in [-0.25, -0.2) is 4.98 Å². The molecule has 0 saturated carbocycles. The Bertz CT molecular complexity index is 1190. The Morgan fingerprint density at radius 3 is 2.73 bits per heavy atom. The van der Waals surface area contributed by atoms with Crippen LogP contribution in [0.3, 0.4) is 0 Å². The lowest BCUT2D eigenvalue weighted by atomic mass is 10.1. The molecule has 1 aliphatic rings. The van der Waals surface area contributed by atoms with Crippen LogP contribution in [0.2, 0.25) is 0 Å². The van der Waals surface area contributed by atoms with E-state index in [4.69, 9.17) is 0 Å². The maximum absolute atomic E-state index is 13.0. The number of phenolic OH excluding ortho intramolecular Hbond substituents is 1. The van der Waals surface area contributed by atoms with Crippen LogP contribution in [0.15, 0.2) is 59.2 Å². The minimum atomic E-state index is -0.166. The number of amides is 1. The average molecular weight is 513 g/mol. The van der Waals surface area contributed by atoms with Gasteiger partial charge in [0, 0.05) is 51.0 Å². The lowest BCUT2D eigenvalue weighted by molar-refractivity contribution is -0.130. The zero-order chi connectivity index (χ0) is 23.4. The number of aromatic hydroxyl groups is 1. The van der Waals surface area contributed by atoms with Crippen molar-refractivity contribution in [2.24, 2.45) is 0 Å². The summed E-state index contributed by atoms with van der Waals surface area (Å²) in [6.07, 6.45) is 2.73. The Balaban J connectivity index is 0.00000216. The first kappa shape index (κ1) is 22.9. The van der Waals surface area contributed by atoms with Crippen LogP contribution in [0.4, 0.5) is 5.82 Å². The number of anilines is 1. The van der Waals surface area contributed by atoms with Crippen molar-refractivity contribution in [3.05, 3.63) is 81.7 Å². The van der Waals surface area contributed by atoms with E-state index in [2.05, 4.69) is 30.8 Å². The van der Waals surface area contributed by atoms with Crippen LogP contribution in [0.1, 0.15) is 36.6 Å². The van der Waals surface area contributed by atoms with Gasteiger partial charge in [-0.05, 0) is 65.2 Å². The number of pyridine rings is 2. The van der Waals surface area contributed by atoms with Gasteiger partial charge < -0.3 is 14.9 Å². The third-order valence-corrected chi connectivity index (χ3v) is 6.14. The number of carbonyl (C=O) groups excluding carboxylic acids is 2. The van der Waals surface area contributed by atoms with E-state index < -0.39 is 0 Å². The van der Waals surface area contributed by atoms with Gasteiger partial charge in [-0.2, -0.15) is 0 Å². The minimum absolute atomic E-state index is 0. The molecule has 1 saturated heterocycles. The van der Waals surface area contributed by atoms with E-state index in [0.29, 0.717) is 36.6 Å². The molecule has 33 heavy (non-hydrogen) atoms. The maximum Gasteiger partial charge on any atom is 0.227 e. The van der Waals surface area contributed by atoms with Gasteiger partial charge in [-0.3, -0.25) is 14.6 Å². The summed E-state index contributed by atoms with van der Waals surface area (Å²) in [4.78, 5) is 38.7. The number of carbonyl (C=O) groups is 2. The largest absolute Gasteiger partial charge is 0.508 e. The van der Waals surface area contributed by atoms with Crippen LogP contribution in [0.5, 0.6) is 5.75 Å². The molecular weight excluding hydrogens is 484 g/mol. The molecule has 0 spiro atoms. The zero-order valence-electron chi connectivity index (χ0n) is 18.4. The molecule has 3 heterocycles. The predicted octanol–water partition coefficient (Wildman–Crippen LogP) is 4.26. The third-order valence-electron chi connectivity index (χ3n) is 5.70. The van der Waals surface area contributed by atoms with Crippen LogP contribution in [0, 0.1) is 6.92 Å². The van der Waals surface area contributed by atoms with Crippen LogP contribution in [-0.2, 0) is 11.2 Å². The summed E-state index contributed by atoms with van der Waals surface area (Å²) in [6.45, 7) is 4.43. The van der Waals surface area contributed by atoms with Crippen molar-refractivity contribution in [2.45, 2.75) is 19.8 Å². The molecule has 1 aliphatic heterocycles. The van der Waals surface area contributed by atoms with Gasteiger partial charge in [0.25, 0.3) is 0 Å². The molecule has 3 aromatic rings. The molecule has 4 rings (SSSR count). The Labute approximate surface area is 204 Å². The van der Waals surface area contributed by atoms with Gasteiger partial charge in [-0.1, -0.05) is 18.2 Å². The number of ketones is 1. The van der Waals surface area contributed by atoms with Gasteiger partial charge in [0.2, 0.25) is 11.7 Å². The van der Waals surface area contributed by atoms with E-state index in [-0.39, 0.29) is 26.7 Å². The SMILES string of the molecule is Cc1ncc(Br)cc1C(=O)c1cccc(N2CCCN(C(=O)Cc3cccc(O)c3)CC2)n1.[HH].[HH]. The monoisotopic (exact) mass is 512 g/mol. The first-order valence-corrected chi connectivity index (χ1v) is 11.6. The van der Waals surface area contributed by atoms with E-state index in [9.17, 15) is 14.7 Å². The second-order valence-corrected chi connectivity index (χ2v) is 8.98. The molecule has 1 aromatic carbocycles. The highest BCUT2D eigenvalue weighted by Gasteiger charge is 2.21. The zero-order valence-corrected chi connectivity index (χ0v) is 20.0. The Kier molecular flexibility index (Phi) is 7.03. The van der Waals surface area contributed by atoms with Gasteiger partial charge in [0.15, 0.2) is 0 Å². The number of nitrogens with zero attached hydrogens (tertiary/aromatic N) is 4. The van der Waals surface area contributed by atoms with E-state index in [1.165, 1.54) is 0 Å². The highest BCUT2D eigenvalue weighted by Crippen LogP contribution is 2.20. The lowest BCUT2D eigenvalue weighted by Crippen LogP contribution is -2.36. The van der Waals surface area contributed by atoms with Crippen molar-refractivity contribution in [2.75, 3.05) is 31.1 Å². The average Bonchev–Trinajstić information content (AvgIpc) is 3.07. The number of aryl methyl sites for hydroxylation is 1. The summed E-state index contributed by atoms with van der Waals surface area (Å²) in [5, 5.41) is 9.64. The second kappa shape index (κ2) is 10.1. The summed E-state index contributed by atoms with van der Waals surface area (Å²) < 4.78 is 0.746. The van der Waals surface area contributed by atoms with Crippen LogP contribution in [-0.4, -0.2) is 57.8 Å². The molecule has 0 bridgehead atoms. The number of aromatic nitrogens is 2. The Morgan fingerprint density at radius 1 is 1.09 bits per heavy atom. The van der Waals surface area contributed by atoms with E-state index in [0.717, 1.165) is 28.8 Å². The number of hydrogen-bond donors (Lipinski definition) is 1. The third kappa shape index (κ3) is 5.57. The Hall–Kier alpha value is -3.26. The second-order valence-electron chi connectivity index (χ2n) is 8.06. The molecule has 1 fully saturated rings. The van der Waals surface area contributed by atoms with Crippen molar-refractivity contribution >= 4 is 33.4 Å². The molecule has 8 heteroatoms. The van der Waals surface area contributed by atoms with E-state index >= 15 is 0 Å². The van der Waals surface area contributed by atoms with Crippen molar-refractivity contribution in [3.63, 3.8) is 0 Å². The van der Waals surface area contributed by atoms with Gasteiger partial charge in [0.1, 0.15) is 17.3 Å². The van der Waals surface area contributed by atoms with Crippen molar-refractivity contribution in [1.29, 1.82) is 0 Å². The summed E-state index contributed by atoms with van der Waals surface area (Å²) in [6, 6.07) is 14.0. The molecule has 0 unspecified atom stereocenters. The normalized spacial score (nSPS) is 14.1. The number of hydrogen-bond acceptors (Lipinski definition) is 6. The molecule has 7 nitrogen and oxygen atoms in total. The first-order chi connectivity index (χ1) is 15.9. The Morgan fingerprint density at radius 2 is 1.91 bits per heavy atom. The molecule has 0 atom stereocenters. The highest BCUT2D eigenvalue weighted by molar-refractivity contribution is 9.10. The molecule has 1 amide bonds. The van der Waals surface area contributed by atoms with Crippen LogP contribution in [0.25, 0.3) is 0 Å². The van der Waals surface area contributed by atoms with Crippen molar-refractivity contribution in [3.8, 4) is 5.75 Å². The van der Waals surface area contributed by atoms with E-state index in [1.54, 1.807) is 43.5 Å². The smallest absolute Gasteiger partial charge is 0.227 e. The first-order valence-electron chi connectivity index (χ1n) is 10.9. The minimum Gasteiger partial charge on any atom is -0.508 e. The summed E-state index contributed by atoms with van der Waals surface area (Å²) in [5.41, 5.74) is 2.35. The fourth-order valence-corrected chi connectivity index (χ4v) is 4.28. The summed E-state index contributed by atoms with van der Waals surface area (Å²) >= 11 is 3.38. The maximum atomic E-state index is 13.0. The summed E-state index contributed by atoms with van der Waals surface area (Å²) in [7, 11) is 0. The van der Waals surface area contributed by atoms with Gasteiger partial charge in [-0.15, -0.1) is 0 Å². The van der Waals surface area contributed by atoms with E-state index in [1.807, 2.05) is 23.1 Å². The molecule has 1 N–H and O–H groups in total. The number of rotatable bonds is 5. The standard InChI is InChI=1S/C25H25BrN4O3.2H2/c1-17-21(15-19(26)16-27-17)25(33)22-7-3-8-23(28-22)29-9-4-10-30(12-11-29)24(32)14-18-5-2-6-20(31)13-18;;/h2-3,5-8,13,15-16,31H,4,9-12,14H2,1H3;2*1H. The highest BCUT2D eigenvalue weighted by atomic mass is 79.9. The fraction of sp³-hybridized carbons (Fsp3) is 0.280. The molecule has 2 aromatic heterocycles. The summed E-state index contributed by atoms with van der Waals surface area (Å²) in [5.74, 6) is 0.762. The molecule has 0 aliphatic carbocycles. The number of halogens is 1. The number of benzene rings is 1. The van der Waals surface area contributed by atoms with Crippen molar-refractivity contribution in [1.82, 2.24) is 14.9 Å². The topological polar surface area (TPSA) is 86.6 Å². The van der Waals surface area contributed by atoms with Crippen molar-refractivity contribution < 1.29 is 17.5 Å². The van der Waals surface area contributed by atoms with Gasteiger partial charge in [0.05, 0.1) is 6.42 Å². The molecular formula is C25H29BrN4O3. The number of phenols is 1. The van der Waals surface area contributed by atoms with Crippen LogP contribution < -0.4 is 4.90 Å².